The van der Waals surface area contributed by atoms with Crippen molar-refractivity contribution in [1.29, 1.82) is 0 Å². The molecule has 0 aliphatic heterocycles. The van der Waals surface area contributed by atoms with Gasteiger partial charge in [-0.1, -0.05) is 408 Å². The number of esters is 3. The fraction of sp³-hybridized carbons (Fsp3) is 0.667. The van der Waals surface area contributed by atoms with Crippen molar-refractivity contribution in [2.75, 3.05) is 39.6 Å². The van der Waals surface area contributed by atoms with Crippen LogP contribution in [0, 0.1) is 0 Å². The second kappa shape index (κ2) is 95.5. The molecule has 0 aliphatic rings. The summed E-state index contributed by atoms with van der Waals surface area (Å²) < 4.78 is 61.6. The number of allylic oxidation sites excluding steroid dienone is 32. The van der Waals surface area contributed by atoms with Crippen molar-refractivity contribution < 1.29 is 75.8 Å². The summed E-state index contributed by atoms with van der Waals surface area (Å²) in [6.45, 7) is 2.38. The molecule has 0 radical (unpaired) electrons. The lowest BCUT2D eigenvalue weighted by Crippen LogP contribution is -2.30. The molecule has 0 spiro atoms. The van der Waals surface area contributed by atoms with Gasteiger partial charge in [0.25, 0.3) is 0 Å². The topological polar surface area (TPSA) is 231 Å². The first-order valence-electron chi connectivity index (χ1n) is 48.7. The van der Waals surface area contributed by atoms with Crippen molar-refractivity contribution in [3.8, 4) is 0 Å². The molecule has 0 fully saturated rings. The maximum Gasteiger partial charge on any atom is 0.472 e. The van der Waals surface area contributed by atoms with Crippen molar-refractivity contribution in [2.24, 2.45) is 0 Å². The van der Waals surface area contributed by atoms with E-state index < -0.39 is 91.5 Å². The molecule has 0 heterocycles. The second-order valence-electron chi connectivity index (χ2n) is 32.1. The Kier molecular flexibility index (Phi) is 91.1. The zero-order chi connectivity index (χ0) is 89.3. The van der Waals surface area contributed by atoms with E-state index in [4.69, 9.17) is 32.3 Å². The highest BCUT2D eigenvalue weighted by atomic mass is 31.2. The van der Waals surface area contributed by atoms with Crippen molar-refractivity contribution in [2.45, 2.75) is 411 Å². The Morgan fingerprint density at radius 3 is 0.642 bits per heavy atom. The van der Waals surface area contributed by atoms with E-state index in [1.165, 1.54) is 154 Å². The van der Waals surface area contributed by atoms with Gasteiger partial charge in [-0.05, 0) is 161 Å². The van der Waals surface area contributed by atoms with Gasteiger partial charge in [0.1, 0.15) is 25.4 Å². The zero-order valence-electron chi connectivity index (χ0n) is 77.5. The van der Waals surface area contributed by atoms with E-state index in [1.807, 2.05) is 0 Å². The molecule has 0 saturated heterocycles. The van der Waals surface area contributed by atoms with Crippen LogP contribution in [0.1, 0.15) is 393 Å². The van der Waals surface area contributed by atoms with E-state index in [1.54, 1.807) is 0 Å². The first-order chi connectivity index (χ1) is 60.2. The van der Waals surface area contributed by atoms with Crippen LogP contribution in [0.4, 0.5) is 0 Å². The number of unbranched alkanes of at least 4 members (excludes halogenated alkanes) is 36. The average molecular weight is 1760 g/mol. The number of aliphatic hydroxyl groups is 2. The fourth-order valence-electron chi connectivity index (χ4n) is 13.0. The summed E-state index contributed by atoms with van der Waals surface area (Å²) in [4.78, 5) is 59.1. The van der Waals surface area contributed by atoms with E-state index in [0.717, 1.165) is 180 Å². The second-order valence-corrected chi connectivity index (χ2v) is 35.0. The molecule has 0 aromatic rings. The van der Waals surface area contributed by atoms with Crippen LogP contribution >= 0.6 is 15.6 Å². The Labute approximate surface area is 750 Å². The molecule has 123 heavy (non-hydrogen) atoms. The van der Waals surface area contributed by atoms with Crippen LogP contribution in [-0.4, -0.2) is 95.9 Å². The molecular formula is C105H176O16P2. The van der Waals surface area contributed by atoms with Gasteiger partial charge in [-0.25, -0.2) is 9.13 Å². The summed E-state index contributed by atoms with van der Waals surface area (Å²) in [5.41, 5.74) is 0. The van der Waals surface area contributed by atoms with Crippen molar-refractivity contribution >= 4 is 33.6 Å². The molecule has 16 nitrogen and oxygen atoms in total. The molecule has 0 aromatic carbocycles. The summed E-state index contributed by atoms with van der Waals surface area (Å²) in [7, 11) is -9.82. The predicted octanol–water partition coefficient (Wildman–Crippen LogP) is 30.6. The number of carbonyl (C=O) groups excluding carboxylic acids is 3. The van der Waals surface area contributed by atoms with Crippen LogP contribution in [0.2, 0.25) is 0 Å². The van der Waals surface area contributed by atoms with Crippen molar-refractivity contribution in [1.82, 2.24) is 0 Å². The van der Waals surface area contributed by atoms with Gasteiger partial charge in [-0.2, -0.15) is 0 Å². The van der Waals surface area contributed by atoms with Gasteiger partial charge < -0.3 is 34.2 Å². The Hall–Kier alpha value is -5.61. The molecule has 0 bridgehead atoms. The highest BCUT2D eigenvalue weighted by Gasteiger charge is 2.30. The molecule has 0 aromatic heterocycles. The molecule has 0 amide bonds. The SMILES string of the molecule is CC/C=C\C/C=C\C/C=C\C/C=C\C/C=C\C/C=C\CCCCCCCCCCCCCCC(=O)OCC(O)COP(=O)(O)OCC(O)COP(=O)(O)OCC(COC(=O)CCCCCCCCCCCCCCCCC/C=C\C/C=C\C/C=C\C/C=C\C/C=C\CC)OC(=O)CCCCCCCCCCC/C=C\C/C=C\C/C=C\C/C=C\C/C=C\CC. The number of hydrogen-bond acceptors (Lipinski definition) is 14. The van der Waals surface area contributed by atoms with E-state index in [9.17, 15) is 43.5 Å². The minimum absolute atomic E-state index is 0.0924. The number of phosphoric ester groups is 2. The lowest BCUT2D eigenvalue weighted by molar-refractivity contribution is -0.161. The van der Waals surface area contributed by atoms with Gasteiger partial charge >= 0.3 is 33.6 Å². The molecule has 5 unspecified atom stereocenters. The average Bonchev–Trinajstić information content (AvgIpc) is 0.898. The Morgan fingerprint density at radius 1 is 0.228 bits per heavy atom. The summed E-state index contributed by atoms with van der Waals surface area (Å²) in [6.07, 6.45) is 128. The van der Waals surface area contributed by atoms with Gasteiger partial charge in [0.2, 0.25) is 0 Å². The molecular weight excluding hydrogens is 1580 g/mol. The van der Waals surface area contributed by atoms with E-state index in [2.05, 4.69) is 215 Å². The highest BCUT2D eigenvalue weighted by Crippen LogP contribution is 2.45. The normalized spacial score (nSPS) is 14.6. The summed E-state index contributed by atoms with van der Waals surface area (Å²) in [5.74, 6) is -1.58. The van der Waals surface area contributed by atoms with E-state index >= 15 is 0 Å². The van der Waals surface area contributed by atoms with Crippen LogP contribution < -0.4 is 0 Å². The first-order valence-corrected chi connectivity index (χ1v) is 51.7. The predicted molar refractivity (Wildman–Crippen MR) is 518 cm³/mol. The van der Waals surface area contributed by atoms with Gasteiger partial charge in [0.05, 0.1) is 26.4 Å². The lowest BCUT2D eigenvalue weighted by atomic mass is 10.0. The van der Waals surface area contributed by atoms with Gasteiger partial charge in [-0.15, -0.1) is 0 Å². The van der Waals surface area contributed by atoms with Gasteiger partial charge in [-0.3, -0.25) is 32.5 Å². The fourth-order valence-corrected chi connectivity index (χ4v) is 14.6. The standard InChI is InChI=1S/C105H176O16P2/c1-4-7-10-13-16-19-22-25-28-31-34-37-40-43-45-47-49-51-53-56-58-61-64-67-70-73-76-79-82-85-88-91-103(108)115-94-100(106)95-117-122(111,112)118-96-101(107)97-119-123(113,114)120-99-102(121-105(110)93-90-87-84-81-78-75-72-69-66-63-60-55-42-39-36-33-30-27-24-21-18-15-12-9-6-3)98-116-104(109)92-89-86-83-80-77-74-71-68-65-62-59-57-54-52-50-48-46-44-41-38-35-32-29-26-23-20-17-14-11-8-5-2/h7-12,16-21,25-30,34-39,43-46,49,51,55,60,100-102,106-107H,4-6,13-15,22-24,31-33,40-42,47-48,50,52-54,56-59,61-99H2,1-3H3,(H,111,112)(H,113,114)/b10-7-,11-8-,12-9-,19-16-,20-17-,21-18-,28-25-,29-26-,30-27-,37-34-,38-35-,39-36-,45-43-,46-44-,51-49-,60-55-. The smallest absolute Gasteiger partial charge is 0.463 e. The zero-order valence-corrected chi connectivity index (χ0v) is 79.3. The number of hydrogen-bond donors (Lipinski definition) is 4. The number of carbonyl (C=O) groups is 3. The monoisotopic (exact) mass is 1760 g/mol. The molecule has 702 valence electrons. The van der Waals surface area contributed by atoms with Crippen molar-refractivity contribution in [3.63, 3.8) is 0 Å². The molecule has 4 N–H and O–H groups in total. The van der Waals surface area contributed by atoms with Crippen molar-refractivity contribution in [3.05, 3.63) is 194 Å². The Bertz CT molecular complexity index is 3020. The van der Waals surface area contributed by atoms with E-state index in [0.29, 0.717) is 19.3 Å². The number of rotatable bonds is 91. The Balaban J connectivity index is 4.64. The third-order valence-electron chi connectivity index (χ3n) is 20.3. The van der Waals surface area contributed by atoms with Crippen LogP contribution in [0.3, 0.4) is 0 Å². The highest BCUT2D eigenvalue weighted by molar-refractivity contribution is 7.47. The molecule has 5 atom stereocenters. The van der Waals surface area contributed by atoms with Crippen LogP contribution in [0.15, 0.2) is 194 Å². The summed E-state index contributed by atoms with van der Waals surface area (Å²) >= 11 is 0. The first kappa shape index (κ1) is 117. The van der Waals surface area contributed by atoms with Crippen LogP contribution in [0.5, 0.6) is 0 Å². The number of phosphoric acid groups is 2. The molecule has 0 saturated carbocycles. The largest absolute Gasteiger partial charge is 0.472 e. The van der Waals surface area contributed by atoms with Gasteiger partial charge in [0, 0.05) is 19.3 Å². The van der Waals surface area contributed by atoms with Gasteiger partial charge in [0.15, 0.2) is 6.10 Å². The van der Waals surface area contributed by atoms with E-state index in [-0.39, 0.29) is 19.3 Å². The lowest BCUT2D eigenvalue weighted by Gasteiger charge is -2.21. The van der Waals surface area contributed by atoms with Crippen LogP contribution in [-0.2, 0) is 55.8 Å². The third kappa shape index (κ3) is 96.9. The van der Waals surface area contributed by atoms with Crippen LogP contribution in [0.25, 0.3) is 0 Å². The maximum absolute atomic E-state index is 13.1. The number of aliphatic hydroxyl groups excluding tert-OH is 2. The summed E-state index contributed by atoms with van der Waals surface area (Å²) in [6, 6.07) is 0. The molecule has 0 rings (SSSR count). The minimum Gasteiger partial charge on any atom is -0.463 e. The quantitative estimate of drug-likeness (QED) is 0.0146. The molecule has 18 heteroatoms. The maximum atomic E-state index is 13.1. The third-order valence-corrected chi connectivity index (χ3v) is 22.2. The molecule has 0 aliphatic carbocycles. The number of ether oxygens (including phenoxy) is 3. The minimum atomic E-state index is -4.95. The Morgan fingerprint density at radius 2 is 0.407 bits per heavy atom. The summed E-state index contributed by atoms with van der Waals surface area (Å²) in [5, 5.41) is 20.8.